The minimum atomic E-state index is -0.0987. The Balaban J connectivity index is 1.67. The van der Waals surface area contributed by atoms with Gasteiger partial charge in [-0.15, -0.1) is 10.2 Å². The number of benzene rings is 1. The van der Waals surface area contributed by atoms with Crippen molar-refractivity contribution >= 4 is 23.6 Å². The predicted molar refractivity (Wildman–Crippen MR) is 104 cm³/mol. The quantitative estimate of drug-likeness (QED) is 0.895. The van der Waals surface area contributed by atoms with E-state index in [1.807, 2.05) is 18.2 Å². The molecule has 6 nitrogen and oxygen atoms in total. The van der Waals surface area contributed by atoms with Gasteiger partial charge in [-0.3, -0.25) is 9.36 Å². The summed E-state index contributed by atoms with van der Waals surface area (Å²) in [4.78, 5) is 14.7. The summed E-state index contributed by atoms with van der Waals surface area (Å²) in [6.07, 6.45) is 6.66. The number of para-hydroxylation sites is 1. The second-order valence-corrected chi connectivity index (χ2v) is 8.06. The number of nitrogens with zero attached hydrogens (tertiary/aromatic N) is 4. The number of piperidine rings is 1. The average Bonchev–Trinajstić information content (AvgIpc) is 3.00. The van der Waals surface area contributed by atoms with Crippen LogP contribution in [0.25, 0.3) is 5.69 Å². The van der Waals surface area contributed by atoms with Gasteiger partial charge in [-0.1, -0.05) is 36.4 Å². The molecule has 1 amide bonds. The Morgan fingerprint density at radius 2 is 1.81 bits per heavy atom. The molecular weight excluding hydrogens is 346 g/mol. The monoisotopic (exact) mass is 371 g/mol. The molecule has 2 saturated heterocycles. The summed E-state index contributed by atoms with van der Waals surface area (Å²) in [6.45, 7) is 2.80. The first kappa shape index (κ1) is 17.4. The lowest BCUT2D eigenvalue weighted by atomic mass is 10.1. The standard InChI is InChI=1S/C19H25N5OS/c25-17-16(11-5-6-12-20-17)26-19-22-21-18(23-13-7-2-8-14-23)24(19)15-9-3-1-4-10-15/h1,3-4,9-10,16H,2,5-8,11-14H2,(H,20,25)/t16-/m1/s1. The first-order chi connectivity index (χ1) is 12.8. The Morgan fingerprint density at radius 3 is 2.62 bits per heavy atom. The normalized spacial score (nSPS) is 21.3. The zero-order valence-corrected chi connectivity index (χ0v) is 15.7. The SMILES string of the molecule is O=C1NCCCC[C@H]1Sc1nnc(N2CCCCC2)n1-c1ccccc1. The lowest BCUT2D eigenvalue weighted by molar-refractivity contribution is -0.120. The van der Waals surface area contributed by atoms with Crippen LogP contribution in [0.2, 0.25) is 0 Å². The minimum absolute atomic E-state index is 0.0987. The van der Waals surface area contributed by atoms with E-state index in [1.54, 1.807) is 11.8 Å². The number of hydrogen-bond acceptors (Lipinski definition) is 5. The summed E-state index contributed by atoms with van der Waals surface area (Å²) in [5, 5.41) is 12.7. The van der Waals surface area contributed by atoms with Gasteiger partial charge in [0.15, 0.2) is 5.16 Å². The Kier molecular flexibility index (Phi) is 5.43. The molecular formula is C19H25N5OS. The summed E-state index contributed by atoms with van der Waals surface area (Å²) in [6, 6.07) is 10.2. The third-order valence-corrected chi connectivity index (χ3v) is 6.21. The number of thioether (sulfide) groups is 1. The van der Waals surface area contributed by atoms with E-state index < -0.39 is 0 Å². The predicted octanol–water partition coefficient (Wildman–Crippen LogP) is 3.02. The highest BCUT2D eigenvalue weighted by Crippen LogP contribution is 2.32. The smallest absolute Gasteiger partial charge is 0.233 e. The van der Waals surface area contributed by atoms with E-state index in [0.29, 0.717) is 0 Å². The van der Waals surface area contributed by atoms with Gasteiger partial charge in [0.05, 0.1) is 10.9 Å². The van der Waals surface area contributed by atoms with Crippen molar-refractivity contribution in [2.24, 2.45) is 0 Å². The maximum absolute atomic E-state index is 12.4. The van der Waals surface area contributed by atoms with Crippen LogP contribution in [0.15, 0.2) is 35.5 Å². The first-order valence-corrected chi connectivity index (χ1v) is 10.4. The number of anilines is 1. The van der Waals surface area contributed by atoms with Crippen molar-refractivity contribution in [2.45, 2.75) is 48.9 Å². The minimum Gasteiger partial charge on any atom is -0.355 e. The van der Waals surface area contributed by atoms with Crippen LogP contribution in [0.1, 0.15) is 38.5 Å². The topological polar surface area (TPSA) is 63.1 Å². The second-order valence-electron chi connectivity index (χ2n) is 6.89. The van der Waals surface area contributed by atoms with Gasteiger partial charge in [0.2, 0.25) is 11.9 Å². The van der Waals surface area contributed by atoms with E-state index in [1.165, 1.54) is 19.3 Å². The molecule has 0 bridgehead atoms. The summed E-state index contributed by atoms with van der Waals surface area (Å²) in [5.74, 6) is 1.02. The highest BCUT2D eigenvalue weighted by molar-refractivity contribution is 8.00. The number of rotatable bonds is 4. The van der Waals surface area contributed by atoms with Gasteiger partial charge in [0.25, 0.3) is 0 Å². The second kappa shape index (κ2) is 8.12. The molecule has 1 atom stereocenters. The fourth-order valence-electron chi connectivity index (χ4n) is 3.59. The van der Waals surface area contributed by atoms with Crippen molar-refractivity contribution in [3.8, 4) is 5.69 Å². The Labute approximate surface area is 158 Å². The van der Waals surface area contributed by atoms with Gasteiger partial charge in [-0.05, 0) is 44.2 Å². The average molecular weight is 372 g/mol. The fraction of sp³-hybridized carbons (Fsp3) is 0.526. The van der Waals surface area contributed by atoms with Crippen LogP contribution in [0.5, 0.6) is 0 Å². The number of carbonyl (C=O) groups is 1. The molecule has 138 valence electrons. The van der Waals surface area contributed by atoms with Crippen molar-refractivity contribution in [1.82, 2.24) is 20.1 Å². The fourth-order valence-corrected chi connectivity index (χ4v) is 4.70. The van der Waals surface area contributed by atoms with Crippen LogP contribution in [0, 0.1) is 0 Å². The van der Waals surface area contributed by atoms with Crippen molar-refractivity contribution in [3.05, 3.63) is 30.3 Å². The van der Waals surface area contributed by atoms with Gasteiger partial charge in [0, 0.05) is 19.6 Å². The van der Waals surface area contributed by atoms with Gasteiger partial charge >= 0.3 is 0 Å². The largest absolute Gasteiger partial charge is 0.355 e. The van der Waals surface area contributed by atoms with Crippen molar-refractivity contribution in [1.29, 1.82) is 0 Å². The van der Waals surface area contributed by atoms with Crippen molar-refractivity contribution < 1.29 is 4.79 Å². The van der Waals surface area contributed by atoms with Crippen LogP contribution < -0.4 is 10.2 Å². The first-order valence-electron chi connectivity index (χ1n) is 9.53. The Hall–Kier alpha value is -2.02. The molecule has 0 saturated carbocycles. The number of amides is 1. The Bertz CT molecular complexity index is 742. The van der Waals surface area contributed by atoms with E-state index >= 15 is 0 Å². The van der Waals surface area contributed by atoms with Gasteiger partial charge in [-0.25, -0.2) is 0 Å². The third-order valence-electron chi connectivity index (χ3n) is 5.00. The highest BCUT2D eigenvalue weighted by atomic mass is 32.2. The van der Waals surface area contributed by atoms with E-state index in [2.05, 4.69) is 37.1 Å². The molecule has 0 aliphatic carbocycles. The highest BCUT2D eigenvalue weighted by Gasteiger charge is 2.27. The molecule has 1 aromatic heterocycles. The number of aromatic nitrogens is 3. The maximum Gasteiger partial charge on any atom is 0.233 e. The molecule has 26 heavy (non-hydrogen) atoms. The molecule has 0 radical (unpaired) electrons. The van der Waals surface area contributed by atoms with Crippen molar-refractivity contribution in [3.63, 3.8) is 0 Å². The molecule has 2 aromatic rings. The van der Waals surface area contributed by atoms with E-state index in [4.69, 9.17) is 0 Å². The molecule has 0 unspecified atom stereocenters. The van der Waals surface area contributed by atoms with Crippen LogP contribution in [0.3, 0.4) is 0 Å². The lowest BCUT2D eigenvalue weighted by Gasteiger charge is -2.28. The molecule has 2 aliphatic rings. The molecule has 3 heterocycles. The summed E-state index contributed by atoms with van der Waals surface area (Å²) >= 11 is 1.54. The van der Waals surface area contributed by atoms with E-state index in [-0.39, 0.29) is 11.2 Å². The van der Waals surface area contributed by atoms with Crippen molar-refractivity contribution in [2.75, 3.05) is 24.5 Å². The molecule has 1 N–H and O–H groups in total. The molecule has 4 rings (SSSR count). The summed E-state index contributed by atoms with van der Waals surface area (Å²) < 4.78 is 2.12. The number of nitrogens with one attached hydrogen (secondary N) is 1. The molecule has 2 fully saturated rings. The van der Waals surface area contributed by atoms with Gasteiger partial charge < -0.3 is 10.2 Å². The van der Waals surface area contributed by atoms with Crippen LogP contribution >= 0.6 is 11.8 Å². The third kappa shape index (κ3) is 3.72. The number of carbonyl (C=O) groups excluding carboxylic acids is 1. The zero-order chi connectivity index (χ0) is 17.8. The molecule has 7 heteroatoms. The van der Waals surface area contributed by atoms with E-state index in [9.17, 15) is 4.79 Å². The maximum atomic E-state index is 12.4. The molecule has 1 aromatic carbocycles. The number of hydrogen-bond donors (Lipinski definition) is 1. The Morgan fingerprint density at radius 1 is 1.00 bits per heavy atom. The molecule has 0 spiro atoms. The zero-order valence-electron chi connectivity index (χ0n) is 14.9. The lowest BCUT2D eigenvalue weighted by Crippen LogP contribution is -2.32. The molecule has 2 aliphatic heterocycles. The van der Waals surface area contributed by atoms with E-state index in [0.717, 1.165) is 55.7 Å². The summed E-state index contributed by atoms with van der Waals surface area (Å²) in [7, 11) is 0. The van der Waals surface area contributed by atoms with Gasteiger partial charge in [0.1, 0.15) is 0 Å². The van der Waals surface area contributed by atoms with Crippen LogP contribution in [0.4, 0.5) is 5.95 Å². The summed E-state index contributed by atoms with van der Waals surface area (Å²) in [5.41, 5.74) is 1.05. The van der Waals surface area contributed by atoms with Gasteiger partial charge in [-0.2, -0.15) is 0 Å². The van der Waals surface area contributed by atoms with Crippen LogP contribution in [-0.4, -0.2) is 45.6 Å². The van der Waals surface area contributed by atoms with Crippen LogP contribution in [-0.2, 0) is 4.79 Å².